The molecule has 1 heterocycles. The van der Waals surface area contributed by atoms with Gasteiger partial charge in [-0.15, -0.1) is 0 Å². The van der Waals surface area contributed by atoms with Crippen LogP contribution < -0.4 is 0 Å². The predicted octanol–water partition coefficient (Wildman–Crippen LogP) is 6.97. The lowest BCUT2D eigenvalue weighted by Crippen LogP contribution is -2.08. The van der Waals surface area contributed by atoms with Crippen molar-refractivity contribution >= 4 is 10.2 Å². The minimum Gasteiger partial charge on any atom is -0.354 e. The van der Waals surface area contributed by atoms with Gasteiger partial charge in [0.1, 0.15) is 5.69 Å². The van der Waals surface area contributed by atoms with Gasteiger partial charge in [0.15, 0.2) is 10.7 Å². The fourth-order valence-electron chi connectivity index (χ4n) is 2.31. The van der Waals surface area contributed by atoms with Gasteiger partial charge in [0.2, 0.25) is 0 Å². The van der Waals surface area contributed by atoms with Gasteiger partial charge in [-0.2, -0.15) is 0 Å². The van der Waals surface area contributed by atoms with Crippen LogP contribution in [0.4, 0.5) is 19.4 Å². The predicted molar refractivity (Wildman–Crippen MR) is 83.5 cm³/mol. The summed E-state index contributed by atoms with van der Waals surface area (Å²) in [5.41, 5.74) is -0.339. The van der Waals surface area contributed by atoms with Gasteiger partial charge in [-0.3, -0.25) is 0 Å². The topological polar surface area (TPSA) is 26.0 Å². The zero-order chi connectivity index (χ0) is 17.7. The van der Waals surface area contributed by atoms with Gasteiger partial charge >= 0.3 is 10.2 Å². The second-order valence-corrected chi connectivity index (χ2v) is 7.74. The average Bonchev–Trinajstić information content (AvgIpc) is 2.93. The first-order valence-electron chi connectivity index (χ1n) is 6.82. The van der Waals surface area contributed by atoms with Crippen LogP contribution >= 0.6 is 10.2 Å². The number of hydrogen-bond acceptors (Lipinski definition) is 2. The van der Waals surface area contributed by atoms with Crippen molar-refractivity contribution in [3.63, 3.8) is 0 Å². The van der Waals surface area contributed by atoms with E-state index in [4.69, 9.17) is 4.52 Å². The molecule has 0 aliphatic carbocycles. The molecule has 0 amide bonds. The van der Waals surface area contributed by atoms with E-state index in [0.29, 0.717) is 0 Å². The SMILES string of the molecule is Cc1ccc(-c2noc(-c3ccccc3)c2S(F)(F)(F)(F)F)cc1. The number of aryl methyl sites for hydroxylation is 1. The standard InChI is InChI=1S/C16H12F5NOS/c1-11-7-9-12(10-8-11)14-16(24(17,18,19,20)21)15(23-22-14)13-5-3-2-4-6-13/h2-10H,1H3. The summed E-state index contributed by atoms with van der Waals surface area (Å²) >= 11 is 0. The van der Waals surface area contributed by atoms with E-state index in [1.54, 1.807) is 13.0 Å². The fourth-order valence-corrected chi connectivity index (χ4v) is 3.33. The van der Waals surface area contributed by atoms with E-state index < -0.39 is 26.6 Å². The molecule has 0 atom stereocenters. The van der Waals surface area contributed by atoms with Gasteiger partial charge in [-0.25, -0.2) is 0 Å². The van der Waals surface area contributed by atoms with Gasteiger partial charge in [-0.05, 0) is 6.92 Å². The summed E-state index contributed by atoms with van der Waals surface area (Å²) in [7, 11) is -10.0. The van der Waals surface area contributed by atoms with Crippen LogP contribution in [-0.4, -0.2) is 5.16 Å². The highest BCUT2D eigenvalue weighted by Gasteiger charge is 2.69. The molecule has 0 aliphatic rings. The molecule has 1 aromatic heterocycles. The Bertz CT molecular complexity index is 887. The van der Waals surface area contributed by atoms with Gasteiger partial charge in [0.25, 0.3) is 0 Å². The van der Waals surface area contributed by atoms with E-state index in [1.807, 2.05) is 0 Å². The van der Waals surface area contributed by atoms with E-state index >= 15 is 0 Å². The number of benzene rings is 2. The minimum absolute atomic E-state index is 0.0882. The molecule has 8 heteroatoms. The van der Waals surface area contributed by atoms with E-state index in [-0.39, 0.29) is 11.1 Å². The van der Waals surface area contributed by atoms with Crippen molar-refractivity contribution in [1.82, 2.24) is 5.16 Å². The van der Waals surface area contributed by atoms with Crippen molar-refractivity contribution in [2.24, 2.45) is 0 Å². The van der Waals surface area contributed by atoms with E-state index in [9.17, 15) is 19.4 Å². The Balaban J connectivity index is 2.34. The molecule has 0 unspecified atom stereocenters. The second-order valence-electron chi connectivity index (χ2n) is 5.39. The third-order valence-electron chi connectivity index (χ3n) is 3.40. The highest BCUT2D eigenvalue weighted by atomic mass is 32.5. The molecule has 0 saturated carbocycles. The fraction of sp³-hybridized carbons (Fsp3) is 0.0625. The Hall–Kier alpha value is -2.35. The molecular weight excluding hydrogens is 349 g/mol. The third kappa shape index (κ3) is 3.14. The Kier molecular flexibility index (Phi) is 3.16. The molecule has 2 aromatic carbocycles. The molecule has 0 N–H and O–H groups in total. The maximum absolute atomic E-state index is 13.7. The van der Waals surface area contributed by atoms with Crippen LogP contribution in [0.2, 0.25) is 0 Å². The quantitative estimate of drug-likeness (QED) is 0.471. The largest absolute Gasteiger partial charge is 0.354 e. The van der Waals surface area contributed by atoms with Crippen molar-refractivity contribution < 1.29 is 24.0 Å². The Morgan fingerprint density at radius 3 is 1.92 bits per heavy atom. The summed E-state index contributed by atoms with van der Waals surface area (Å²) < 4.78 is 73.0. The highest BCUT2D eigenvalue weighted by Crippen LogP contribution is 3.03. The van der Waals surface area contributed by atoms with E-state index in [1.165, 1.54) is 48.5 Å². The van der Waals surface area contributed by atoms with Gasteiger partial charge < -0.3 is 4.52 Å². The smallest absolute Gasteiger partial charge is 0.316 e. The minimum atomic E-state index is -10.0. The molecule has 0 aliphatic heterocycles. The second kappa shape index (κ2) is 4.60. The van der Waals surface area contributed by atoms with Crippen molar-refractivity contribution in [1.29, 1.82) is 0 Å². The van der Waals surface area contributed by atoms with Crippen LogP contribution in [0.15, 0.2) is 64.0 Å². The lowest BCUT2D eigenvalue weighted by atomic mass is 10.1. The average molecular weight is 361 g/mol. The molecule has 0 saturated heterocycles. The maximum Gasteiger partial charge on any atom is 0.316 e. The molecule has 0 spiro atoms. The molecule has 3 aromatic rings. The molecule has 2 nitrogen and oxygen atoms in total. The zero-order valence-electron chi connectivity index (χ0n) is 12.3. The summed E-state index contributed by atoms with van der Waals surface area (Å²) in [6, 6.07) is 12.6. The summed E-state index contributed by atoms with van der Waals surface area (Å²) in [5, 5.41) is 3.30. The van der Waals surface area contributed by atoms with E-state index in [0.717, 1.165) is 5.56 Å². The van der Waals surface area contributed by atoms with Crippen molar-refractivity contribution in [2.45, 2.75) is 11.8 Å². The van der Waals surface area contributed by atoms with E-state index in [2.05, 4.69) is 5.16 Å². The van der Waals surface area contributed by atoms with Crippen LogP contribution in [0.25, 0.3) is 22.6 Å². The van der Waals surface area contributed by atoms with Gasteiger partial charge in [0.05, 0.1) is 0 Å². The molecule has 0 radical (unpaired) electrons. The summed E-state index contributed by atoms with van der Waals surface area (Å²) in [6.07, 6.45) is 0. The summed E-state index contributed by atoms with van der Waals surface area (Å²) in [6.45, 7) is 1.73. The van der Waals surface area contributed by atoms with Crippen LogP contribution in [-0.2, 0) is 0 Å². The first-order chi connectivity index (χ1) is 11.0. The number of rotatable bonds is 3. The first-order valence-corrected chi connectivity index (χ1v) is 8.77. The number of hydrogen-bond donors (Lipinski definition) is 0. The first kappa shape index (κ1) is 16.5. The van der Waals surface area contributed by atoms with Crippen molar-refractivity contribution in [3.8, 4) is 22.6 Å². The molecule has 0 fully saturated rings. The normalized spacial score (nSPS) is 14.9. The molecule has 128 valence electrons. The Morgan fingerprint density at radius 1 is 0.792 bits per heavy atom. The van der Waals surface area contributed by atoms with Crippen molar-refractivity contribution in [2.75, 3.05) is 0 Å². The zero-order valence-corrected chi connectivity index (χ0v) is 13.2. The van der Waals surface area contributed by atoms with Crippen LogP contribution in [0, 0.1) is 6.92 Å². The Morgan fingerprint density at radius 2 is 1.38 bits per heavy atom. The summed E-state index contributed by atoms with van der Waals surface area (Å²) in [5.74, 6) is -0.981. The highest BCUT2D eigenvalue weighted by molar-refractivity contribution is 8.46. The maximum atomic E-state index is 13.7. The Labute approximate surface area is 134 Å². The molecular formula is C16H12F5NOS. The molecule has 24 heavy (non-hydrogen) atoms. The van der Waals surface area contributed by atoms with Crippen molar-refractivity contribution in [3.05, 3.63) is 60.2 Å². The monoisotopic (exact) mass is 361 g/mol. The lowest BCUT2D eigenvalue weighted by molar-refractivity contribution is 0.362. The summed E-state index contributed by atoms with van der Waals surface area (Å²) in [4.78, 5) is -2.09. The van der Waals surface area contributed by atoms with Crippen LogP contribution in [0.1, 0.15) is 5.56 Å². The molecule has 3 rings (SSSR count). The third-order valence-corrected chi connectivity index (χ3v) is 4.55. The number of aromatic nitrogens is 1. The van der Waals surface area contributed by atoms with Crippen LogP contribution in [0.3, 0.4) is 0 Å². The molecule has 0 bridgehead atoms. The number of halogens is 5. The van der Waals surface area contributed by atoms with Gasteiger partial charge in [0, 0.05) is 11.1 Å². The lowest BCUT2D eigenvalue weighted by Gasteiger charge is -2.40. The number of nitrogens with zero attached hydrogens (tertiary/aromatic N) is 1. The van der Waals surface area contributed by atoms with Gasteiger partial charge in [-0.1, -0.05) is 84.7 Å². The van der Waals surface area contributed by atoms with Crippen LogP contribution in [0.5, 0.6) is 0 Å².